The van der Waals surface area contributed by atoms with Gasteiger partial charge in [0.15, 0.2) is 0 Å². The number of nitrogens with zero attached hydrogens (tertiary/aromatic N) is 2. The van der Waals surface area contributed by atoms with Crippen LogP contribution in [0, 0.1) is 0 Å². The highest BCUT2D eigenvalue weighted by Crippen LogP contribution is 2.35. The fourth-order valence-electron chi connectivity index (χ4n) is 3.77. The van der Waals surface area contributed by atoms with Crippen molar-refractivity contribution in [1.82, 2.24) is 14.8 Å². The van der Waals surface area contributed by atoms with E-state index in [9.17, 15) is 4.79 Å². The van der Waals surface area contributed by atoms with E-state index < -0.39 is 0 Å². The summed E-state index contributed by atoms with van der Waals surface area (Å²) in [6.07, 6.45) is 3.16. The Morgan fingerprint density at radius 3 is 2.92 bits per heavy atom. The second kappa shape index (κ2) is 7.91. The topological polar surface area (TPSA) is 48.6 Å². The first-order chi connectivity index (χ1) is 12.2. The average molecular weight is 343 g/mol. The minimum atomic E-state index is -0.249. The molecule has 1 aliphatic heterocycles. The van der Waals surface area contributed by atoms with Crippen LogP contribution in [0.2, 0.25) is 0 Å². The Bertz CT molecular complexity index is 725. The highest BCUT2D eigenvalue weighted by molar-refractivity contribution is 5.85. The molecule has 0 bridgehead atoms. The Labute approximate surface area is 149 Å². The average Bonchev–Trinajstić information content (AvgIpc) is 3.00. The summed E-state index contributed by atoms with van der Waals surface area (Å²) in [7, 11) is 1.83. The first kappa shape index (κ1) is 17.8. The van der Waals surface area contributed by atoms with Crippen LogP contribution in [0.5, 0.6) is 0 Å². The summed E-state index contributed by atoms with van der Waals surface area (Å²) in [4.78, 5) is 19.9. The van der Waals surface area contributed by atoms with Crippen molar-refractivity contribution < 1.29 is 9.53 Å². The van der Waals surface area contributed by atoms with E-state index in [2.05, 4.69) is 41.1 Å². The number of carbonyl (C=O) groups excluding carboxylic acids is 1. The second-order valence-electron chi connectivity index (χ2n) is 6.80. The van der Waals surface area contributed by atoms with E-state index in [1.165, 1.54) is 35.0 Å². The van der Waals surface area contributed by atoms with Crippen LogP contribution in [0.15, 0.2) is 24.3 Å². The molecule has 25 heavy (non-hydrogen) atoms. The monoisotopic (exact) mass is 343 g/mol. The van der Waals surface area contributed by atoms with E-state index in [1.54, 1.807) is 4.90 Å². The number of hydrogen-bond donors (Lipinski definition) is 1. The summed E-state index contributed by atoms with van der Waals surface area (Å²) >= 11 is 0. The van der Waals surface area contributed by atoms with E-state index in [0.717, 1.165) is 19.5 Å². The number of rotatable bonds is 6. The van der Waals surface area contributed by atoms with Crippen LogP contribution in [0.3, 0.4) is 0 Å². The lowest BCUT2D eigenvalue weighted by Gasteiger charge is -2.37. The Morgan fingerprint density at radius 2 is 2.16 bits per heavy atom. The highest BCUT2D eigenvalue weighted by atomic mass is 16.5. The number of H-pyrrole nitrogens is 1. The van der Waals surface area contributed by atoms with Gasteiger partial charge in [-0.25, -0.2) is 4.79 Å². The molecule has 2 heterocycles. The standard InChI is InChI=1S/C20H29N3O2/c1-4-6-12-23-13-11-16-15-9-7-8-10-17(15)21-19(16)18(23)14-22(3)20(24)25-5-2/h7-10,18,21H,4-6,11-14H2,1-3H3. The SMILES string of the molecule is CCCCN1CCc2c([nH]c3ccccc23)C1CN(C)C(=O)OCC. The van der Waals surface area contributed by atoms with Gasteiger partial charge in [0.05, 0.1) is 12.6 Å². The van der Waals surface area contributed by atoms with Crippen molar-refractivity contribution in [3.8, 4) is 0 Å². The number of carbonyl (C=O) groups is 1. The van der Waals surface area contributed by atoms with Crippen LogP contribution in [-0.4, -0.2) is 54.2 Å². The molecule has 0 radical (unpaired) electrons. The molecule has 0 spiro atoms. The molecule has 1 aliphatic rings. The first-order valence-electron chi connectivity index (χ1n) is 9.37. The number of aromatic amines is 1. The van der Waals surface area contributed by atoms with Gasteiger partial charge in [-0.1, -0.05) is 31.5 Å². The molecule has 3 rings (SSSR count). The third-order valence-electron chi connectivity index (χ3n) is 5.09. The molecule has 0 saturated heterocycles. The van der Waals surface area contributed by atoms with E-state index in [1.807, 2.05) is 14.0 Å². The van der Waals surface area contributed by atoms with Crippen molar-refractivity contribution in [2.75, 3.05) is 33.3 Å². The normalized spacial score (nSPS) is 17.5. The molecule has 5 heteroatoms. The predicted molar refractivity (Wildman–Crippen MR) is 101 cm³/mol. The third-order valence-corrected chi connectivity index (χ3v) is 5.09. The molecule has 1 N–H and O–H groups in total. The highest BCUT2D eigenvalue weighted by Gasteiger charge is 2.31. The fraction of sp³-hybridized carbons (Fsp3) is 0.550. The molecular formula is C20H29N3O2. The number of amides is 1. The number of likely N-dealkylation sites (N-methyl/N-ethyl adjacent to an activating group) is 1. The number of para-hydroxylation sites is 1. The van der Waals surface area contributed by atoms with Gasteiger partial charge in [0, 0.05) is 36.7 Å². The summed E-state index contributed by atoms with van der Waals surface area (Å²) in [6, 6.07) is 8.69. The Kier molecular flexibility index (Phi) is 5.63. The maximum absolute atomic E-state index is 12.1. The van der Waals surface area contributed by atoms with Crippen LogP contribution < -0.4 is 0 Å². The van der Waals surface area contributed by atoms with E-state index in [0.29, 0.717) is 13.2 Å². The Hall–Kier alpha value is -2.01. The lowest BCUT2D eigenvalue weighted by molar-refractivity contribution is 0.0930. The summed E-state index contributed by atoms with van der Waals surface area (Å²) in [5.74, 6) is 0. The van der Waals surface area contributed by atoms with Gasteiger partial charge in [0.1, 0.15) is 0 Å². The van der Waals surface area contributed by atoms with Gasteiger partial charge in [-0.15, -0.1) is 0 Å². The predicted octanol–water partition coefficient (Wildman–Crippen LogP) is 3.96. The van der Waals surface area contributed by atoms with Gasteiger partial charge < -0.3 is 14.6 Å². The molecule has 5 nitrogen and oxygen atoms in total. The molecule has 1 atom stereocenters. The van der Waals surface area contributed by atoms with Crippen molar-refractivity contribution in [3.63, 3.8) is 0 Å². The minimum Gasteiger partial charge on any atom is -0.450 e. The van der Waals surface area contributed by atoms with Gasteiger partial charge in [-0.2, -0.15) is 0 Å². The van der Waals surface area contributed by atoms with E-state index >= 15 is 0 Å². The quantitative estimate of drug-likeness (QED) is 0.864. The Morgan fingerprint density at radius 1 is 1.36 bits per heavy atom. The van der Waals surface area contributed by atoms with Crippen LogP contribution in [-0.2, 0) is 11.2 Å². The lowest BCUT2D eigenvalue weighted by Crippen LogP contribution is -2.43. The fourth-order valence-corrected chi connectivity index (χ4v) is 3.77. The zero-order chi connectivity index (χ0) is 17.8. The van der Waals surface area contributed by atoms with Crippen LogP contribution >= 0.6 is 0 Å². The molecule has 0 saturated carbocycles. The molecule has 1 aromatic heterocycles. The molecule has 1 unspecified atom stereocenters. The van der Waals surface area contributed by atoms with Crippen molar-refractivity contribution in [3.05, 3.63) is 35.5 Å². The number of fused-ring (bicyclic) bond motifs is 3. The summed E-state index contributed by atoms with van der Waals surface area (Å²) in [5, 5.41) is 1.32. The lowest BCUT2D eigenvalue weighted by atomic mass is 9.96. The summed E-state index contributed by atoms with van der Waals surface area (Å²) in [5.41, 5.74) is 3.86. The van der Waals surface area contributed by atoms with Crippen molar-refractivity contribution in [1.29, 1.82) is 0 Å². The third kappa shape index (κ3) is 3.66. The molecule has 0 aliphatic carbocycles. The van der Waals surface area contributed by atoms with E-state index in [-0.39, 0.29) is 12.1 Å². The molecule has 2 aromatic rings. The number of hydrogen-bond acceptors (Lipinski definition) is 3. The van der Waals surface area contributed by atoms with Crippen molar-refractivity contribution in [2.45, 2.75) is 39.2 Å². The molecular weight excluding hydrogens is 314 g/mol. The summed E-state index contributed by atoms with van der Waals surface area (Å²) in [6.45, 7) is 7.21. The maximum atomic E-state index is 12.1. The number of unbranched alkanes of at least 4 members (excludes halogenated alkanes) is 1. The minimum absolute atomic E-state index is 0.192. The largest absolute Gasteiger partial charge is 0.450 e. The maximum Gasteiger partial charge on any atom is 0.409 e. The van der Waals surface area contributed by atoms with Crippen molar-refractivity contribution >= 4 is 17.0 Å². The zero-order valence-electron chi connectivity index (χ0n) is 15.5. The van der Waals surface area contributed by atoms with Gasteiger partial charge >= 0.3 is 6.09 Å². The molecule has 136 valence electrons. The number of ether oxygens (including phenoxy) is 1. The smallest absolute Gasteiger partial charge is 0.409 e. The Balaban J connectivity index is 1.90. The zero-order valence-corrected chi connectivity index (χ0v) is 15.5. The van der Waals surface area contributed by atoms with Gasteiger partial charge in [0.25, 0.3) is 0 Å². The first-order valence-corrected chi connectivity index (χ1v) is 9.37. The van der Waals surface area contributed by atoms with E-state index in [4.69, 9.17) is 4.74 Å². The molecule has 1 aromatic carbocycles. The van der Waals surface area contributed by atoms with Gasteiger partial charge in [0.2, 0.25) is 0 Å². The van der Waals surface area contributed by atoms with Crippen molar-refractivity contribution in [2.24, 2.45) is 0 Å². The number of benzene rings is 1. The van der Waals surface area contributed by atoms with Crippen LogP contribution in [0.4, 0.5) is 4.79 Å². The van der Waals surface area contributed by atoms with Crippen LogP contribution in [0.25, 0.3) is 10.9 Å². The van der Waals surface area contributed by atoms with Gasteiger partial charge in [-0.3, -0.25) is 4.90 Å². The van der Waals surface area contributed by atoms with Crippen LogP contribution in [0.1, 0.15) is 44.0 Å². The number of aromatic nitrogens is 1. The summed E-state index contributed by atoms with van der Waals surface area (Å²) < 4.78 is 5.17. The molecule has 1 amide bonds. The second-order valence-corrected chi connectivity index (χ2v) is 6.80. The number of nitrogens with one attached hydrogen (secondary N) is 1. The molecule has 0 fully saturated rings. The van der Waals surface area contributed by atoms with Gasteiger partial charge in [-0.05, 0) is 37.9 Å².